The van der Waals surface area contributed by atoms with Gasteiger partial charge in [0.05, 0.1) is 0 Å². The Balaban J connectivity index is 2.00. The normalized spacial score (nSPS) is 19.0. The second kappa shape index (κ2) is 5.49. The molecular formula is C24H24O. The van der Waals surface area contributed by atoms with E-state index < -0.39 is 19.1 Å². The van der Waals surface area contributed by atoms with Crippen LogP contribution in [-0.4, -0.2) is 0 Å². The third-order valence-electron chi connectivity index (χ3n) is 5.09. The van der Waals surface area contributed by atoms with Crippen molar-refractivity contribution in [3.05, 3.63) is 82.4 Å². The van der Waals surface area contributed by atoms with Crippen molar-refractivity contribution in [3.63, 3.8) is 0 Å². The van der Waals surface area contributed by atoms with Gasteiger partial charge < -0.3 is 4.74 Å². The fourth-order valence-electron chi connectivity index (χ4n) is 3.68. The van der Waals surface area contributed by atoms with Gasteiger partial charge in [-0.15, -0.1) is 0 Å². The van der Waals surface area contributed by atoms with E-state index in [1.54, 1.807) is 31.2 Å². The number of rotatable bonds is 1. The summed E-state index contributed by atoms with van der Waals surface area (Å²) in [7, 11) is 0. The minimum atomic E-state index is -2.30. The molecule has 0 fully saturated rings. The summed E-state index contributed by atoms with van der Waals surface area (Å²) in [6, 6.07) is 16.3. The molecule has 1 heteroatoms. The molecule has 0 atom stereocenters. The van der Waals surface area contributed by atoms with E-state index in [0.29, 0.717) is 28.2 Å². The van der Waals surface area contributed by atoms with Crippen molar-refractivity contribution < 1.29 is 13.0 Å². The van der Waals surface area contributed by atoms with E-state index in [2.05, 4.69) is 0 Å². The van der Waals surface area contributed by atoms with E-state index in [1.807, 2.05) is 44.2 Å². The molecule has 0 aromatic heterocycles. The van der Waals surface area contributed by atoms with Crippen LogP contribution in [0.5, 0.6) is 11.5 Å². The van der Waals surface area contributed by atoms with Crippen LogP contribution in [0.4, 0.5) is 0 Å². The van der Waals surface area contributed by atoms with Crippen LogP contribution in [0.1, 0.15) is 49.9 Å². The van der Waals surface area contributed by atoms with Crippen LogP contribution in [0.15, 0.2) is 54.6 Å². The maximum absolute atomic E-state index is 8.09. The third-order valence-corrected chi connectivity index (χ3v) is 5.09. The summed E-state index contributed by atoms with van der Waals surface area (Å²) in [4.78, 5) is 0. The first-order valence-electron chi connectivity index (χ1n) is 11.4. The highest BCUT2D eigenvalue weighted by atomic mass is 16.5. The van der Waals surface area contributed by atoms with Gasteiger partial charge in [-0.05, 0) is 48.9 Å². The van der Waals surface area contributed by atoms with E-state index in [-0.39, 0.29) is 5.56 Å². The zero-order chi connectivity index (χ0) is 22.8. The van der Waals surface area contributed by atoms with Gasteiger partial charge in [-0.3, -0.25) is 0 Å². The fourth-order valence-corrected chi connectivity index (χ4v) is 3.68. The first kappa shape index (κ1) is 10.5. The van der Waals surface area contributed by atoms with Gasteiger partial charge in [0.15, 0.2) is 0 Å². The number of ether oxygens (including phenoxy) is 1. The summed E-state index contributed by atoms with van der Waals surface area (Å²) in [5.74, 6) is 1.21. The Bertz CT molecular complexity index is 1170. The van der Waals surface area contributed by atoms with Gasteiger partial charge in [-0.25, -0.2) is 0 Å². The summed E-state index contributed by atoms with van der Waals surface area (Å²) in [6.45, 7) is 1.31. The molecule has 0 spiro atoms. The molecule has 0 N–H and O–H groups in total. The Labute approximate surface area is 158 Å². The lowest BCUT2D eigenvalue weighted by Crippen LogP contribution is -2.25. The summed E-state index contributed by atoms with van der Waals surface area (Å²) >= 11 is 0. The van der Waals surface area contributed by atoms with Gasteiger partial charge in [-0.1, -0.05) is 62.4 Å². The maximum Gasteiger partial charge on any atom is 0.139 e. The molecule has 4 rings (SSSR count). The van der Waals surface area contributed by atoms with Crippen LogP contribution in [0.3, 0.4) is 0 Å². The van der Waals surface area contributed by atoms with Crippen molar-refractivity contribution in [1.29, 1.82) is 0 Å². The van der Waals surface area contributed by atoms with Crippen LogP contribution in [0.2, 0.25) is 0 Å². The average Bonchev–Trinajstić information content (AvgIpc) is 2.65. The number of fused-ring (bicyclic) bond motifs is 2. The van der Waals surface area contributed by atoms with Gasteiger partial charge >= 0.3 is 0 Å². The highest BCUT2D eigenvalue weighted by molar-refractivity contribution is 5.77. The first-order valence-corrected chi connectivity index (χ1v) is 8.38. The number of benzene rings is 3. The molecule has 1 nitrogen and oxygen atoms in total. The van der Waals surface area contributed by atoms with Crippen molar-refractivity contribution in [2.45, 2.75) is 39.9 Å². The largest absolute Gasteiger partial charge is 0.456 e. The maximum atomic E-state index is 8.09. The third kappa shape index (κ3) is 2.38. The Morgan fingerprint density at radius 1 is 0.880 bits per heavy atom. The van der Waals surface area contributed by atoms with Gasteiger partial charge in [0, 0.05) is 30.3 Å². The Kier molecular flexibility index (Phi) is 2.29. The van der Waals surface area contributed by atoms with Crippen molar-refractivity contribution in [3.8, 4) is 22.6 Å². The minimum absolute atomic E-state index is 0.265. The van der Waals surface area contributed by atoms with Gasteiger partial charge in [-0.2, -0.15) is 0 Å². The lowest BCUT2D eigenvalue weighted by atomic mass is 9.73. The molecule has 3 aromatic rings. The molecule has 0 saturated heterocycles. The van der Waals surface area contributed by atoms with Crippen LogP contribution >= 0.6 is 0 Å². The van der Waals surface area contributed by atoms with Crippen molar-refractivity contribution in [1.82, 2.24) is 0 Å². The molecule has 3 aromatic carbocycles. The van der Waals surface area contributed by atoms with E-state index in [1.165, 1.54) is 0 Å². The molecule has 0 amide bonds. The minimum Gasteiger partial charge on any atom is -0.456 e. The lowest BCUT2D eigenvalue weighted by molar-refractivity contribution is 0.418. The van der Waals surface area contributed by atoms with E-state index in [0.717, 1.165) is 16.7 Å². The van der Waals surface area contributed by atoms with Crippen molar-refractivity contribution >= 4 is 0 Å². The molecule has 1 aliphatic heterocycles. The smallest absolute Gasteiger partial charge is 0.139 e. The summed E-state index contributed by atoms with van der Waals surface area (Å²) in [5, 5.41) is 0. The lowest BCUT2D eigenvalue weighted by Gasteiger charge is -2.36. The SMILES string of the molecule is [2H]C([2H])([2H])c1ccc(-c2ccc(C([2H])([2H])[2H])c3c2Oc2ccccc2C3(C)C)cc1C. The monoisotopic (exact) mass is 334 g/mol. The zero-order valence-electron chi connectivity index (χ0n) is 20.6. The Hall–Kier alpha value is -2.54. The zero-order valence-corrected chi connectivity index (χ0v) is 14.6. The van der Waals surface area contributed by atoms with E-state index in [9.17, 15) is 0 Å². The molecule has 1 aliphatic rings. The summed E-state index contributed by atoms with van der Waals surface area (Å²) < 4.78 is 53.7. The first-order chi connectivity index (χ1) is 14.3. The second-order valence-corrected chi connectivity index (χ2v) is 7.12. The molecule has 1 heterocycles. The molecule has 25 heavy (non-hydrogen) atoms. The van der Waals surface area contributed by atoms with Gasteiger partial charge in [0.25, 0.3) is 0 Å². The molecule has 0 radical (unpaired) electrons. The molecule has 0 aliphatic carbocycles. The number of hydrogen-bond acceptors (Lipinski definition) is 1. The summed E-state index contributed by atoms with van der Waals surface area (Å²) in [5.41, 5.74) is 3.73. The van der Waals surface area contributed by atoms with Crippen LogP contribution in [0, 0.1) is 20.6 Å². The van der Waals surface area contributed by atoms with Crippen molar-refractivity contribution in [2.75, 3.05) is 0 Å². The molecule has 0 saturated carbocycles. The predicted octanol–water partition coefficient (Wildman–Crippen LogP) is 6.71. The van der Waals surface area contributed by atoms with Crippen LogP contribution in [-0.2, 0) is 5.41 Å². The fraction of sp³-hybridized carbons (Fsp3) is 0.250. The molecule has 0 bridgehead atoms. The average molecular weight is 334 g/mol. The summed E-state index contributed by atoms with van der Waals surface area (Å²) in [6.07, 6.45) is 0. The highest BCUT2D eigenvalue weighted by Gasteiger charge is 2.36. The molecule has 0 unspecified atom stereocenters. The van der Waals surface area contributed by atoms with E-state index in [4.69, 9.17) is 13.0 Å². The predicted molar refractivity (Wildman–Crippen MR) is 105 cm³/mol. The van der Waals surface area contributed by atoms with Gasteiger partial charge in [0.1, 0.15) is 11.5 Å². The van der Waals surface area contributed by atoms with Crippen molar-refractivity contribution in [2.24, 2.45) is 0 Å². The Morgan fingerprint density at radius 3 is 2.40 bits per heavy atom. The Morgan fingerprint density at radius 2 is 1.64 bits per heavy atom. The number of para-hydroxylation sites is 1. The second-order valence-electron chi connectivity index (χ2n) is 7.12. The quantitative estimate of drug-likeness (QED) is 0.480. The van der Waals surface area contributed by atoms with Gasteiger partial charge in [0.2, 0.25) is 0 Å². The van der Waals surface area contributed by atoms with Crippen LogP contribution < -0.4 is 4.74 Å². The van der Waals surface area contributed by atoms with E-state index >= 15 is 0 Å². The number of hydrogen-bond donors (Lipinski definition) is 0. The van der Waals surface area contributed by atoms with Crippen LogP contribution in [0.25, 0.3) is 11.1 Å². The standard InChI is InChI=1S/C24H24O/c1-15-10-12-18(14-17(15)3)19-13-11-16(2)22-23(19)25-21-9-7-6-8-20(21)24(22,4)5/h6-14H,1-5H3/i1D3,2D3. The highest BCUT2D eigenvalue weighted by Crippen LogP contribution is 2.52. The number of aryl methyl sites for hydroxylation is 3. The molecular weight excluding hydrogens is 304 g/mol. The topological polar surface area (TPSA) is 9.23 Å². The molecule has 126 valence electrons.